The van der Waals surface area contributed by atoms with Crippen LogP contribution in [0.1, 0.15) is 22.3 Å². The fourth-order valence-corrected chi connectivity index (χ4v) is 2.40. The summed E-state index contributed by atoms with van der Waals surface area (Å²) in [5.74, 6) is 0. The van der Waals surface area contributed by atoms with Gasteiger partial charge in [0.2, 0.25) is 0 Å². The number of alkyl halides is 3. The molecule has 0 fully saturated rings. The lowest BCUT2D eigenvalue weighted by atomic mass is 10.0. The number of hydrogen-bond donors (Lipinski definition) is 1. The Hall–Kier alpha value is -1.68. The number of hydrogen-bond acceptors (Lipinski definition) is 1. The van der Waals surface area contributed by atoms with Gasteiger partial charge in [-0.1, -0.05) is 29.8 Å². The number of benzene rings is 2. The second-order valence-electron chi connectivity index (χ2n) is 4.92. The molecule has 0 unspecified atom stereocenters. The molecule has 2 aromatic rings. The third-order valence-electron chi connectivity index (χ3n) is 3.39. The highest BCUT2D eigenvalue weighted by Gasteiger charge is 2.33. The molecule has 0 saturated carbocycles. The Morgan fingerprint density at radius 2 is 1.67 bits per heavy atom. The predicted molar refractivity (Wildman–Crippen MR) is 79.7 cm³/mol. The summed E-state index contributed by atoms with van der Waals surface area (Å²) < 4.78 is 38.4. The van der Waals surface area contributed by atoms with Crippen molar-refractivity contribution in [2.24, 2.45) is 0 Å². The van der Waals surface area contributed by atoms with Gasteiger partial charge in [-0.2, -0.15) is 13.2 Å². The van der Waals surface area contributed by atoms with Crippen LogP contribution in [0.5, 0.6) is 0 Å². The van der Waals surface area contributed by atoms with Crippen molar-refractivity contribution in [1.82, 2.24) is 0 Å². The maximum absolute atomic E-state index is 12.8. The number of rotatable bonds is 3. The van der Waals surface area contributed by atoms with Crippen molar-refractivity contribution in [3.8, 4) is 0 Å². The Kier molecular flexibility index (Phi) is 4.47. The molecule has 112 valence electrons. The first-order valence-electron chi connectivity index (χ1n) is 6.45. The largest absolute Gasteiger partial charge is 0.417 e. The summed E-state index contributed by atoms with van der Waals surface area (Å²) in [6.07, 6.45) is -4.45. The highest BCUT2D eigenvalue weighted by molar-refractivity contribution is 6.31. The fourth-order valence-electron chi connectivity index (χ4n) is 2.17. The van der Waals surface area contributed by atoms with E-state index in [2.05, 4.69) is 5.32 Å². The highest BCUT2D eigenvalue weighted by atomic mass is 35.5. The zero-order chi connectivity index (χ0) is 15.6. The van der Waals surface area contributed by atoms with Crippen LogP contribution < -0.4 is 5.32 Å². The molecule has 0 aromatic heterocycles. The first kappa shape index (κ1) is 15.7. The quantitative estimate of drug-likeness (QED) is 0.779. The topological polar surface area (TPSA) is 12.0 Å². The van der Waals surface area contributed by atoms with Gasteiger partial charge in [-0.15, -0.1) is 0 Å². The van der Waals surface area contributed by atoms with Gasteiger partial charge in [0.15, 0.2) is 0 Å². The fraction of sp³-hybridized carbons (Fsp3) is 0.250. The van der Waals surface area contributed by atoms with Crippen LogP contribution in [0.15, 0.2) is 36.4 Å². The van der Waals surface area contributed by atoms with Crippen molar-refractivity contribution in [2.75, 3.05) is 5.32 Å². The second-order valence-corrected chi connectivity index (χ2v) is 5.32. The van der Waals surface area contributed by atoms with Gasteiger partial charge in [-0.25, -0.2) is 0 Å². The first-order valence-corrected chi connectivity index (χ1v) is 6.82. The summed E-state index contributed by atoms with van der Waals surface area (Å²) in [7, 11) is 0. The molecular weight excluding hydrogens is 299 g/mol. The molecule has 0 amide bonds. The minimum atomic E-state index is -4.45. The maximum atomic E-state index is 12.8. The molecule has 2 aromatic carbocycles. The normalized spacial score (nSPS) is 11.5. The van der Waals surface area contributed by atoms with E-state index in [1.54, 1.807) is 6.07 Å². The van der Waals surface area contributed by atoms with Crippen LogP contribution in [0.25, 0.3) is 0 Å². The Morgan fingerprint density at radius 1 is 1.05 bits per heavy atom. The summed E-state index contributed by atoms with van der Waals surface area (Å²) >= 11 is 5.60. The van der Waals surface area contributed by atoms with Crippen LogP contribution in [-0.4, -0.2) is 0 Å². The van der Waals surface area contributed by atoms with Crippen molar-refractivity contribution in [1.29, 1.82) is 0 Å². The maximum Gasteiger partial charge on any atom is 0.417 e. The van der Waals surface area contributed by atoms with Crippen LogP contribution in [-0.2, 0) is 12.7 Å². The summed E-state index contributed by atoms with van der Waals surface area (Å²) in [5.41, 5.74) is 2.87. The number of nitrogens with one attached hydrogen (secondary N) is 1. The van der Waals surface area contributed by atoms with E-state index >= 15 is 0 Å². The van der Waals surface area contributed by atoms with Gasteiger partial charge in [-0.3, -0.25) is 0 Å². The van der Waals surface area contributed by atoms with Crippen molar-refractivity contribution in [2.45, 2.75) is 26.6 Å². The molecule has 2 rings (SSSR count). The molecule has 0 atom stereocenters. The van der Waals surface area contributed by atoms with Crippen molar-refractivity contribution < 1.29 is 13.2 Å². The third kappa shape index (κ3) is 3.70. The van der Waals surface area contributed by atoms with Gasteiger partial charge < -0.3 is 5.32 Å². The van der Waals surface area contributed by atoms with Gasteiger partial charge in [0, 0.05) is 12.2 Å². The van der Waals surface area contributed by atoms with E-state index < -0.39 is 11.7 Å². The lowest BCUT2D eigenvalue weighted by Crippen LogP contribution is -2.08. The first-order chi connectivity index (χ1) is 9.79. The second kappa shape index (κ2) is 5.98. The minimum Gasteiger partial charge on any atom is -0.381 e. The van der Waals surface area contributed by atoms with Crippen molar-refractivity contribution in [3.63, 3.8) is 0 Å². The van der Waals surface area contributed by atoms with E-state index in [1.165, 1.54) is 6.07 Å². The molecule has 5 heteroatoms. The summed E-state index contributed by atoms with van der Waals surface area (Å²) in [5, 5.41) is 2.73. The van der Waals surface area contributed by atoms with E-state index in [1.807, 2.05) is 32.0 Å². The highest BCUT2D eigenvalue weighted by Crippen LogP contribution is 2.36. The monoisotopic (exact) mass is 313 g/mol. The van der Waals surface area contributed by atoms with Crippen LogP contribution in [0.3, 0.4) is 0 Å². The van der Waals surface area contributed by atoms with Gasteiger partial charge in [0.1, 0.15) is 0 Å². The predicted octanol–water partition coefficient (Wildman–Crippen LogP) is 5.59. The van der Waals surface area contributed by atoms with Crippen LogP contribution in [0, 0.1) is 13.8 Å². The summed E-state index contributed by atoms with van der Waals surface area (Å²) in [6, 6.07) is 9.76. The molecule has 0 aliphatic carbocycles. The van der Waals surface area contributed by atoms with E-state index in [9.17, 15) is 13.2 Å². The molecular formula is C16H15ClF3N. The van der Waals surface area contributed by atoms with E-state index in [-0.39, 0.29) is 5.02 Å². The zero-order valence-electron chi connectivity index (χ0n) is 11.7. The Morgan fingerprint density at radius 3 is 2.24 bits per heavy atom. The van der Waals surface area contributed by atoms with Crippen molar-refractivity contribution in [3.05, 3.63) is 63.7 Å². The van der Waals surface area contributed by atoms with Crippen LogP contribution >= 0.6 is 11.6 Å². The lowest BCUT2D eigenvalue weighted by Gasteiger charge is -2.14. The smallest absolute Gasteiger partial charge is 0.381 e. The minimum absolute atomic E-state index is 0.292. The number of anilines is 1. The Bertz CT molecular complexity index is 630. The SMILES string of the molecule is Cc1cccc(C)c1CNc1ccc(Cl)c(C(F)(F)F)c1. The molecule has 0 bridgehead atoms. The average molecular weight is 314 g/mol. The zero-order valence-corrected chi connectivity index (χ0v) is 12.4. The van der Waals surface area contributed by atoms with Gasteiger partial charge in [0.25, 0.3) is 0 Å². The lowest BCUT2D eigenvalue weighted by molar-refractivity contribution is -0.137. The van der Waals surface area contributed by atoms with Gasteiger partial charge >= 0.3 is 6.18 Å². The van der Waals surface area contributed by atoms with Crippen molar-refractivity contribution >= 4 is 17.3 Å². The molecule has 0 heterocycles. The van der Waals surface area contributed by atoms with Gasteiger partial charge in [0.05, 0.1) is 10.6 Å². The standard InChI is InChI=1S/C16H15ClF3N/c1-10-4-3-5-11(2)13(10)9-21-12-6-7-15(17)14(8-12)16(18,19)20/h3-8,21H,9H2,1-2H3. The third-order valence-corrected chi connectivity index (χ3v) is 3.72. The molecule has 21 heavy (non-hydrogen) atoms. The molecule has 0 saturated heterocycles. The van der Waals surface area contributed by atoms with Crippen LogP contribution in [0.4, 0.5) is 18.9 Å². The number of halogens is 4. The molecule has 0 radical (unpaired) electrons. The Balaban J connectivity index is 2.22. The van der Waals surface area contributed by atoms with E-state index in [0.717, 1.165) is 22.8 Å². The molecule has 1 nitrogen and oxygen atoms in total. The summed E-state index contributed by atoms with van der Waals surface area (Å²) in [6.45, 7) is 4.43. The van der Waals surface area contributed by atoms with Gasteiger partial charge in [-0.05, 0) is 48.7 Å². The molecule has 0 spiro atoms. The van der Waals surface area contributed by atoms with E-state index in [4.69, 9.17) is 11.6 Å². The van der Waals surface area contributed by atoms with E-state index in [0.29, 0.717) is 12.2 Å². The average Bonchev–Trinajstić information content (AvgIpc) is 2.38. The Labute approximate surface area is 126 Å². The molecule has 0 aliphatic rings. The van der Waals surface area contributed by atoms with Crippen LogP contribution in [0.2, 0.25) is 5.02 Å². The molecule has 1 N–H and O–H groups in total. The number of aryl methyl sites for hydroxylation is 2. The summed E-state index contributed by atoms with van der Waals surface area (Å²) in [4.78, 5) is 0. The molecule has 0 aliphatic heterocycles.